The van der Waals surface area contributed by atoms with Crippen molar-refractivity contribution < 1.29 is 13.2 Å². The predicted octanol–water partition coefficient (Wildman–Crippen LogP) is 0.229. The van der Waals surface area contributed by atoms with Gasteiger partial charge in [0.05, 0.1) is 11.5 Å². The Hall–Kier alpha value is -0.0900. The Labute approximate surface area is 65.3 Å². The van der Waals surface area contributed by atoms with Crippen LogP contribution < -0.4 is 0 Å². The highest BCUT2D eigenvalue weighted by atomic mass is 35.5. The molecule has 0 aliphatic heterocycles. The van der Waals surface area contributed by atoms with Crippen molar-refractivity contribution >= 4 is 27.7 Å². The van der Waals surface area contributed by atoms with E-state index in [0.717, 1.165) is 0 Å². The van der Waals surface area contributed by atoms with Crippen LogP contribution in [0.15, 0.2) is 0 Å². The molecular formula is C5H9ClO3S. The van der Waals surface area contributed by atoms with E-state index in [2.05, 4.69) is 0 Å². The van der Waals surface area contributed by atoms with Gasteiger partial charge < -0.3 is 4.79 Å². The molecular weight excluding hydrogens is 176 g/mol. The molecule has 0 aliphatic carbocycles. The summed E-state index contributed by atoms with van der Waals surface area (Å²) in [4.78, 5) is 9.76. The van der Waals surface area contributed by atoms with Crippen LogP contribution in [0.4, 0.5) is 0 Å². The van der Waals surface area contributed by atoms with Gasteiger partial charge in [0.1, 0.15) is 6.29 Å². The van der Waals surface area contributed by atoms with Gasteiger partial charge in [-0.3, -0.25) is 0 Å². The lowest BCUT2D eigenvalue weighted by Crippen LogP contribution is -2.12. The first-order valence-electron chi connectivity index (χ1n) is 2.82. The first-order valence-corrected chi connectivity index (χ1v) is 5.18. The van der Waals surface area contributed by atoms with Gasteiger partial charge in [0.25, 0.3) is 0 Å². The number of hydrogen-bond acceptors (Lipinski definition) is 3. The van der Waals surface area contributed by atoms with Gasteiger partial charge in [0, 0.05) is 12.3 Å². The van der Waals surface area contributed by atoms with Crippen molar-refractivity contribution in [2.45, 2.75) is 6.42 Å². The summed E-state index contributed by atoms with van der Waals surface area (Å²) in [7, 11) is -3.06. The number of carbonyl (C=O) groups excluding carboxylic acids is 1. The highest BCUT2D eigenvalue weighted by molar-refractivity contribution is 7.91. The van der Waals surface area contributed by atoms with Crippen molar-refractivity contribution in [3.8, 4) is 0 Å². The molecule has 0 saturated heterocycles. The normalized spacial score (nSPS) is 11.3. The molecule has 0 fully saturated rings. The number of sulfone groups is 1. The second kappa shape index (κ2) is 4.68. The van der Waals surface area contributed by atoms with E-state index in [4.69, 9.17) is 11.6 Å². The third kappa shape index (κ3) is 4.76. The van der Waals surface area contributed by atoms with Crippen LogP contribution in [0.3, 0.4) is 0 Å². The van der Waals surface area contributed by atoms with E-state index in [0.29, 0.717) is 6.29 Å². The summed E-state index contributed by atoms with van der Waals surface area (Å²) in [5, 5.41) is 0. The number of halogens is 1. The van der Waals surface area contributed by atoms with Gasteiger partial charge in [0.15, 0.2) is 9.84 Å². The molecule has 3 nitrogen and oxygen atoms in total. The van der Waals surface area contributed by atoms with Crippen LogP contribution in [0.25, 0.3) is 0 Å². The Morgan fingerprint density at radius 2 is 1.90 bits per heavy atom. The lowest BCUT2D eigenvalue weighted by Gasteiger charge is -1.95. The zero-order valence-electron chi connectivity index (χ0n) is 5.42. The standard InChI is InChI=1S/C5H9ClO3S/c6-2-5-10(8,9)4-1-3-7/h3H,1-2,4-5H2. The van der Waals surface area contributed by atoms with Crippen LogP contribution in [0.2, 0.25) is 0 Å². The van der Waals surface area contributed by atoms with Gasteiger partial charge in [-0.2, -0.15) is 0 Å². The van der Waals surface area contributed by atoms with E-state index in [1.165, 1.54) is 0 Å². The van der Waals surface area contributed by atoms with Crippen molar-refractivity contribution in [1.29, 1.82) is 0 Å². The minimum Gasteiger partial charge on any atom is -0.303 e. The van der Waals surface area contributed by atoms with Gasteiger partial charge in [-0.15, -0.1) is 11.6 Å². The Balaban J connectivity index is 3.76. The minimum absolute atomic E-state index is 0.0393. The third-order valence-electron chi connectivity index (χ3n) is 0.935. The molecule has 0 unspecified atom stereocenters. The molecule has 0 saturated carbocycles. The SMILES string of the molecule is O=CCCS(=O)(=O)CCCl. The second-order valence-electron chi connectivity index (χ2n) is 1.80. The van der Waals surface area contributed by atoms with Crippen molar-refractivity contribution in [2.24, 2.45) is 0 Å². The van der Waals surface area contributed by atoms with Gasteiger partial charge in [-0.05, 0) is 0 Å². The Kier molecular flexibility index (Phi) is 4.64. The first kappa shape index (κ1) is 9.91. The van der Waals surface area contributed by atoms with Gasteiger partial charge in [-0.1, -0.05) is 0 Å². The van der Waals surface area contributed by atoms with Gasteiger partial charge >= 0.3 is 0 Å². The number of carbonyl (C=O) groups is 1. The van der Waals surface area contributed by atoms with Crippen LogP contribution in [0, 0.1) is 0 Å². The summed E-state index contributed by atoms with van der Waals surface area (Å²) in [5.41, 5.74) is 0. The average molecular weight is 185 g/mol. The summed E-state index contributed by atoms with van der Waals surface area (Å²) < 4.78 is 21.5. The Morgan fingerprint density at radius 1 is 1.30 bits per heavy atom. The maximum Gasteiger partial charge on any atom is 0.151 e. The van der Waals surface area contributed by atoms with Crippen molar-refractivity contribution in [1.82, 2.24) is 0 Å². The monoisotopic (exact) mass is 184 g/mol. The van der Waals surface area contributed by atoms with Gasteiger partial charge in [-0.25, -0.2) is 8.42 Å². The molecule has 60 valence electrons. The van der Waals surface area contributed by atoms with E-state index in [1.807, 2.05) is 0 Å². The van der Waals surface area contributed by atoms with Crippen molar-refractivity contribution in [2.75, 3.05) is 17.4 Å². The lowest BCUT2D eigenvalue weighted by atomic mass is 10.6. The van der Waals surface area contributed by atoms with Crippen LogP contribution in [0.1, 0.15) is 6.42 Å². The minimum atomic E-state index is -3.06. The summed E-state index contributed by atoms with van der Waals surface area (Å²) in [6.07, 6.45) is 0.658. The molecule has 0 heterocycles. The van der Waals surface area contributed by atoms with Crippen LogP contribution >= 0.6 is 11.6 Å². The van der Waals surface area contributed by atoms with Crippen molar-refractivity contribution in [3.63, 3.8) is 0 Å². The summed E-state index contributed by atoms with van der Waals surface area (Å²) >= 11 is 5.20. The molecule has 0 atom stereocenters. The van der Waals surface area contributed by atoms with Crippen LogP contribution in [0.5, 0.6) is 0 Å². The Bertz CT molecular complexity index is 185. The molecule has 0 bridgehead atoms. The number of alkyl halides is 1. The predicted molar refractivity (Wildman–Crippen MR) is 40.1 cm³/mol. The van der Waals surface area contributed by atoms with Crippen molar-refractivity contribution in [3.05, 3.63) is 0 Å². The number of rotatable bonds is 5. The van der Waals surface area contributed by atoms with E-state index >= 15 is 0 Å². The van der Waals surface area contributed by atoms with Crippen LogP contribution in [-0.4, -0.2) is 32.1 Å². The molecule has 0 aromatic heterocycles. The molecule has 0 spiro atoms. The molecule has 0 aromatic carbocycles. The summed E-state index contributed by atoms with van der Waals surface area (Å²) in [6, 6.07) is 0. The number of aldehydes is 1. The third-order valence-corrected chi connectivity index (χ3v) is 3.03. The maximum atomic E-state index is 10.7. The van der Waals surface area contributed by atoms with E-state index in [-0.39, 0.29) is 23.8 Å². The van der Waals surface area contributed by atoms with E-state index < -0.39 is 9.84 Å². The summed E-state index contributed by atoms with van der Waals surface area (Å²) in [5.74, 6) is -0.0210. The molecule has 0 N–H and O–H groups in total. The molecule has 0 amide bonds. The van der Waals surface area contributed by atoms with Crippen LogP contribution in [-0.2, 0) is 14.6 Å². The topological polar surface area (TPSA) is 51.2 Å². The van der Waals surface area contributed by atoms with E-state index in [9.17, 15) is 13.2 Å². The fraction of sp³-hybridized carbons (Fsp3) is 0.800. The first-order chi connectivity index (χ1) is 4.62. The van der Waals surface area contributed by atoms with E-state index in [1.54, 1.807) is 0 Å². The number of hydrogen-bond donors (Lipinski definition) is 0. The van der Waals surface area contributed by atoms with Gasteiger partial charge in [0.2, 0.25) is 0 Å². The lowest BCUT2D eigenvalue weighted by molar-refractivity contribution is -0.107. The highest BCUT2D eigenvalue weighted by Gasteiger charge is 2.07. The summed E-state index contributed by atoms with van der Waals surface area (Å²) in [6.45, 7) is 0. The largest absolute Gasteiger partial charge is 0.303 e. The quantitative estimate of drug-likeness (QED) is 0.454. The molecule has 0 aliphatic rings. The molecule has 5 heteroatoms. The Morgan fingerprint density at radius 3 is 2.30 bits per heavy atom. The maximum absolute atomic E-state index is 10.7. The molecule has 0 rings (SSSR count). The fourth-order valence-corrected chi connectivity index (χ4v) is 2.05. The zero-order chi connectivity index (χ0) is 8.04. The smallest absolute Gasteiger partial charge is 0.151 e. The molecule has 0 radical (unpaired) electrons. The molecule has 0 aromatic rings. The highest BCUT2D eigenvalue weighted by Crippen LogP contribution is 1.93. The fourth-order valence-electron chi connectivity index (χ4n) is 0.447. The molecule has 10 heavy (non-hydrogen) atoms. The average Bonchev–Trinajstić information content (AvgIpc) is 1.84. The second-order valence-corrected chi connectivity index (χ2v) is 4.48. The zero-order valence-corrected chi connectivity index (χ0v) is 6.99.